The third kappa shape index (κ3) is 4.16. The van der Waals surface area contributed by atoms with Crippen LogP contribution in [-0.2, 0) is 4.79 Å². The van der Waals surface area contributed by atoms with Gasteiger partial charge in [0.1, 0.15) is 11.5 Å². The van der Waals surface area contributed by atoms with Gasteiger partial charge < -0.3 is 19.7 Å². The maximum Gasteiger partial charge on any atom is 0.263 e. The first-order chi connectivity index (χ1) is 12.6. The van der Waals surface area contributed by atoms with Gasteiger partial charge >= 0.3 is 0 Å². The molecule has 0 atom stereocenters. The Morgan fingerprint density at radius 3 is 2.31 bits per heavy atom. The number of nitrogens with zero attached hydrogens (tertiary/aromatic N) is 1. The minimum atomic E-state index is -0.111. The summed E-state index contributed by atoms with van der Waals surface area (Å²) < 4.78 is 10.5. The number of benzene rings is 1. The first-order valence-electron chi connectivity index (χ1n) is 8.47. The van der Waals surface area contributed by atoms with Crippen molar-refractivity contribution in [2.45, 2.75) is 12.8 Å². The van der Waals surface area contributed by atoms with Gasteiger partial charge in [-0.25, -0.2) is 0 Å². The number of nitrogens with one attached hydrogen (secondary N) is 1. The summed E-state index contributed by atoms with van der Waals surface area (Å²) in [5, 5.41) is 4.83. The van der Waals surface area contributed by atoms with E-state index in [1.807, 2.05) is 22.4 Å². The highest BCUT2D eigenvalue weighted by atomic mass is 32.1. The molecule has 1 aliphatic rings. The molecule has 2 aromatic rings. The normalized spacial score (nSPS) is 14.8. The minimum absolute atomic E-state index is 0.0384. The van der Waals surface area contributed by atoms with Gasteiger partial charge in [-0.15, -0.1) is 11.3 Å². The molecule has 138 valence electrons. The molecule has 0 saturated carbocycles. The summed E-state index contributed by atoms with van der Waals surface area (Å²) in [4.78, 5) is 27.5. The summed E-state index contributed by atoms with van der Waals surface area (Å²) in [5.74, 6) is 1.14. The zero-order valence-corrected chi connectivity index (χ0v) is 15.7. The molecule has 0 bridgehead atoms. The van der Waals surface area contributed by atoms with Crippen LogP contribution in [0.1, 0.15) is 22.5 Å². The number of carbonyl (C=O) groups excluding carboxylic acids is 2. The standard InChI is InChI=1S/C19H22N2O4S/c1-24-15-10-14(11-16(12-15)25-2)20-18(22)13-5-7-21(8-6-13)19(23)17-4-3-9-26-17/h3-4,9-13H,5-8H2,1-2H3,(H,20,22). The Balaban J connectivity index is 1.58. The number of piperidine rings is 1. The van der Waals surface area contributed by atoms with Crippen LogP contribution in [0.25, 0.3) is 0 Å². The number of rotatable bonds is 5. The molecule has 1 aliphatic heterocycles. The maximum absolute atomic E-state index is 12.6. The molecule has 0 spiro atoms. The molecule has 1 saturated heterocycles. The van der Waals surface area contributed by atoms with E-state index in [1.165, 1.54) is 11.3 Å². The molecule has 0 aliphatic carbocycles. The molecule has 2 heterocycles. The van der Waals surface area contributed by atoms with Crippen LogP contribution in [0.2, 0.25) is 0 Å². The van der Waals surface area contributed by atoms with Crippen molar-refractivity contribution in [2.75, 3.05) is 32.6 Å². The SMILES string of the molecule is COc1cc(NC(=O)C2CCN(C(=O)c3cccs3)CC2)cc(OC)c1. The average Bonchev–Trinajstić information content (AvgIpc) is 3.22. The Morgan fingerprint density at radius 2 is 1.77 bits per heavy atom. The quantitative estimate of drug-likeness (QED) is 0.872. The number of likely N-dealkylation sites (tertiary alicyclic amines) is 1. The molecular formula is C19H22N2O4S. The molecule has 0 radical (unpaired) electrons. The van der Waals surface area contributed by atoms with Crippen LogP contribution in [0.3, 0.4) is 0 Å². The topological polar surface area (TPSA) is 67.9 Å². The molecule has 0 unspecified atom stereocenters. The zero-order valence-electron chi connectivity index (χ0n) is 14.9. The summed E-state index contributed by atoms with van der Waals surface area (Å²) in [7, 11) is 3.14. The van der Waals surface area contributed by atoms with Crippen LogP contribution in [0, 0.1) is 5.92 Å². The second-order valence-corrected chi connectivity index (χ2v) is 7.08. The van der Waals surface area contributed by atoms with Crippen LogP contribution < -0.4 is 14.8 Å². The van der Waals surface area contributed by atoms with Gasteiger partial charge in [-0.05, 0) is 24.3 Å². The van der Waals surface area contributed by atoms with E-state index < -0.39 is 0 Å². The van der Waals surface area contributed by atoms with Crippen molar-refractivity contribution in [3.05, 3.63) is 40.6 Å². The fourth-order valence-corrected chi connectivity index (χ4v) is 3.72. The Bertz CT molecular complexity index is 746. The van der Waals surface area contributed by atoms with Crippen LogP contribution in [0.15, 0.2) is 35.7 Å². The molecular weight excluding hydrogens is 352 g/mol. The Morgan fingerprint density at radius 1 is 1.12 bits per heavy atom. The summed E-state index contributed by atoms with van der Waals surface area (Å²) >= 11 is 1.45. The smallest absolute Gasteiger partial charge is 0.263 e. The van der Waals surface area contributed by atoms with E-state index in [-0.39, 0.29) is 17.7 Å². The lowest BCUT2D eigenvalue weighted by Crippen LogP contribution is -2.41. The van der Waals surface area contributed by atoms with Crippen molar-refractivity contribution in [1.82, 2.24) is 4.90 Å². The fourth-order valence-electron chi connectivity index (χ4n) is 3.02. The van der Waals surface area contributed by atoms with E-state index in [1.54, 1.807) is 32.4 Å². The van der Waals surface area contributed by atoms with E-state index in [4.69, 9.17) is 9.47 Å². The van der Waals surface area contributed by atoms with Crippen LogP contribution >= 0.6 is 11.3 Å². The van der Waals surface area contributed by atoms with Crippen molar-refractivity contribution in [3.8, 4) is 11.5 Å². The predicted molar refractivity (Wildman–Crippen MR) is 101 cm³/mol. The summed E-state index contributed by atoms with van der Waals surface area (Å²) in [5.41, 5.74) is 0.642. The van der Waals surface area contributed by atoms with E-state index in [0.29, 0.717) is 43.1 Å². The van der Waals surface area contributed by atoms with Gasteiger partial charge in [0, 0.05) is 42.9 Å². The Hall–Kier alpha value is -2.54. The maximum atomic E-state index is 12.6. The van der Waals surface area contributed by atoms with Gasteiger partial charge in [0.15, 0.2) is 0 Å². The number of anilines is 1. The number of ether oxygens (including phenoxy) is 2. The third-order valence-electron chi connectivity index (χ3n) is 4.50. The zero-order chi connectivity index (χ0) is 18.5. The van der Waals surface area contributed by atoms with E-state index >= 15 is 0 Å². The van der Waals surface area contributed by atoms with Gasteiger partial charge in [0.05, 0.1) is 19.1 Å². The van der Waals surface area contributed by atoms with Crippen molar-refractivity contribution in [3.63, 3.8) is 0 Å². The third-order valence-corrected chi connectivity index (χ3v) is 5.36. The number of hydrogen-bond acceptors (Lipinski definition) is 5. The van der Waals surface area contributed by atoms with Gasteiger partial charge in [-0.1, -0.05) is 6.07 Å². The fraction of sp³-hybridized carbons (Fsp3) is 0.368. The Kier molecular flexibility index (Phi) is 5.78. The van der Waals surface area contributed by atoms with E-state index in [0.717, 1.165) is 4.88 Å². The van der Waals surface area contributed by atoms with Gasteiger partial charge in [-0.3, -0.25) is 9.59 Å². The lowest BCUT2D eigenvalue weighted by atomic mass is 9.95. The summed E-state index contributed by atoms with van der Waals surface area (Å²) in [6.45, 7) is 1.19. The van der Waals surface area contributed by atoms with Crippen molar-refractivity contribution < 1.29 is 19.1 Å². The van der Waals surface area contributed by atoms with E-state index in [2.05, 4.69) is 5.32 Å². The highest BCUT2D eigenvalue weighted by molar-refractivity contribution is 7.12. The number of hydrogen-bond donors (Lipinski definition) is 1. The molecule has 1 fully saturated rings. The lowest BCUT2D eigenvalue weighted by molar-refractivity contribution is -0.121. The number of thiophene rings is 1. The average molecular weight is 374 g/mol. The van der Waals surface area contributed by atoms with Crippen LogP contribution in [0.4, 0.5) is 5.69 Å². The predicted octanol–water partition coefficient (Wildman–Crippen LogP) is 3.26. The van der Waals surface area contributed by atoms with Crippen LogP contribution in [0.5, 0.6) is 11.5 Å². The second-order valence-electron chi connectivity index (χ2n) is 6.13. The Labute approximate surface area is 156 Å². The molecule has 6 nitrogen and oxygen atoms in total. The highest BCUT2D eigenvalue weighted by Crippen LogP contribution is 2.27. The molecule has 1 N–H and O–H groups in total. The highest BCUT2D eigenvalue weighted by Gasteiger charge is 2.28. The van der Waals surface area contributed by atoms with Crippen molar-refractivity contribution >= 4 is 28.8 Å². The molecule has 7 heteroatoms. The van der Waals surface area contributed by atoms with Crippen LogP contribution in [-0.4, -0.2) is 44.0 Å². The summed E-state index contributed by atoms with van der Waals surface area (Å²) in [6.07, 6.45) is 1.31. The number of methoxy groups -OCH3 is 2. The first-order valence-corrected chi connectivity index (χ1v) is 9.35. The van der Waals surface area contributed by atoms with Crippen molar-refractivity contribution in [2.24, 2.45) is 5.92 Å². The molecule has 3 rings (SSSR count). The monoisotopic (exact) mass is 374 g/mol. The largest absolute Gasteiger partial charge is 0.497 e. The molecule has 26 heavy (non-hydrogen) atoms. The lowest BCUT2D eigenvalue weighted by Gasteiger charge is -2.31. The number of carbonyl (C=O) groups is 2. The van der Waals surface area contributed by atoms with Gasteiger partial charge in [-0.2, -0.15) is 0 Å². The minimum Gasteiger partial charge on any atom is -0.497 e. The second kappa shape index (κ2) is 8.23. The van der Waals surface area contributed by atoms with E-state index in [9.17, 15) is 9.59 Å². The van der Waals surface area contributed by atoms with Gasteiger partial charge in [0.25, 0.3) is 5.91 Å². The molecule has 2 amide bonds. The molecule has 1 aromatic carbocycles. The first kappa shape index (κ1) is 18.3. The van der Waals surface area contributed by atoms with Gasteiger partial charge in [0.2, 0.25) is 5.91 Å². The van der Waals surface area contributed by atoms with Crippen molar-refractivity contribution in [1.29, 1.82) is 0 Å². The number of amides is 2. The summed E-state index contributed by atoms with van der Waals surface area (Å²) in [6, 6.07) is 8.98. The molecule has 1 aromatic heterocycles.